The maximum atomic E-state index is 5.67. The lowest BCUT2D eigenvalue weighted by atomic mass is 10.1. The zero-order valence-electron chi connectivity index (χ0n) is 8.22. The summed E-state index contributed by atoms with van der Waals surface area (Å²) in [6.07, 6.45) is 2.36. The first-order valence-electron chi connectivity index (χ1n) is 4.43. The molecule has 0 aromatic carbocycles. The lowest BCUT2D eigenvalue weighted by molar-refractivity contribution is -0.0473. The summed E-state index contributed by atoms with van der Waals surface area (Å²) in [5.41, 5.74) is 0.187. The van der Waals surface area contributed by atoms with Gasteiger partial charge in [0.05, 0.1) is 18.8 Å². The molecule has 72 valence electrons. The van der Waals surface area contributed by atoms with Crippen LogP contribution >= 0.6 is 0 Å². The Morgan fingerprint density at radius 1 is 1.25 bits per heavy atom. The molecule has 1 rings (SSSR count). The van der Waals surface area contributed by atoms with Crippen molar-refractivity contribution in [2.75, 3.05) is 13.2 Å². The number of ether oxygens (including phenoxy) is 1. The van der Waals surface area contributed by atoms with Crippen LogP contribution in [0.4, 0.5) is 0 Å². The van der Waals surface area contributed by atoms with Gasteiger partial charge in [-0.1, -0.05) is 0 Å². The first-order valence-corrected chi connectivity index (χ1v) is 4.43. The van der Waals surface area contributed by atoms with E-state index in [4.69, 9.17) is 10.6 Å². The Hall–Kier alpha value is -0.120. The van der Waals surface area contributed by atoms with Gasteiger partial charge in [-0.15, -0.1) is 0 Å². The van der Waals surface area contributed by atoms with E-state index in [2.05, 4.69) is 25.6 Å². The van der Waals surface area contributed by atoms with E-state index in [1.165, 1.54) is 12.8 Å². The molecule has 3 nitrogen and oxygen atoms in total. The maximum Gasteiger partial charge on any atom is 0.0757 e. The average Bonchev–Trinajstić information content (AvgIpc) is 2.65. The molecule has 2 N–H and O–H groups in total. The molecule has 1 saturated carbocycles. The van der Waals surface area contributed by atoms with Crippen molar-refractivity contribution in [3.63, 3.8) is 0 Å². The van der Waals surface area contributed by atoms with Crippen LogP contribution in [0.15, 0.2) is 0 Å². The number of hydrogen-bond donors (Lipinski definition) is 1. The molecule has 1 aliphatic carbocycles. The van der Waals surface area contributed by atoms with E-state index >= 15 is 0 Å². The zero-order chi connectivity index (χ0) is 9.24. The van der Waals surface area contributed by atoms with E-state index < -0.39 is 0 Å². The summed E-state index contributed by atoms with van der Waals surface area (Å²) >= 11 is 0. The Bertz CT molecular complexity index is 147. The Balaban J connectivity index is 2.22. The van der Waals surface area contributed by atoms with Gasteiger partial charge in [-0.05, 0) is 33.6 Å². The van der Waals surface area contributed by atoms with Crippen molar-refractivity contribution >= 4 is 0 Å². The molecule has 0 aliphatic heterocycles. The smallest absolute Gasteiger partial charge is 0.0757 e. The molecule has 0 radical (unpaired) electrons. The first-order chi connectivity index (χ1) is 5.47. The highest BCUT2D eigenvalue weighted by Crippen LogP contribution is 2.46. The largest absolute Gasteiger partial charge is 0.375 e. The van der Waals surface area contributed by atoms with Crippen LogP contribution in [-0.2, 0) is 9.57 Å². The van der Waals surface area contributed by atoms with Crippen LogP contribution < -0.4 is 5.90 Å². The molecule has 12 heavy (non-hydrogen) atoms. The Kier molecular flexibility index (Phi) is 2.76. The third-order valence-electron chi connectivity index (χ3n) is 2.16. The van der Waals surface area contributed by atoms with E-state index in [0.717, 1.165) is 6.61 Å². The average molecular weight is 173 g/mol. The number of rotatable bonds is 4. The monoisotopic (exact) mass is 173 g/mol. The van der Waals surface area contributed by atoms with Gasteiger partial charge in [0.1, 0.15) is 0 Å². The zero-order valence-corrected chi connectivity index (χ0v) is 8.22. The fourth-order valence-corrected chi connectivity index (χ4v) is 1.05. The second-order valence-corrected chi connectivity index (χ2v) is 4.71. The topological polar surface area (TPSA) is 44.5 Å². The molecule has 1 fully saturated rings. The van der Waals surface area contributed by atoms with Gasteiger partial charge in [-0.2, -0.15) is 0 Å². The molecule has 0 aromatic rings. The summed E-state index contributed by atoms with van der Waals surface area (Å²) in [4.78, 5) is 4.65. The van der Waals surface area contributed by atoms with Crippen LogP contribution in [-0.4, -0.2) is 18.8 Å². The summed E-state index contributed by atoms with van der Waals surface area (Å²) in [6, 6.07) is 0. The van der Waals surface area contributed by atoms with Crippen molar-refractivity contribution in [2.24, 2.45) is 11.3 Å². The van der Waals surface area contributed by atoms with Gasteiger partial charge in [0.15, 0.2) is 0 Å². The van der Waals surface area contributed by atoms with Crippen molar-refractivity contribution in [3.8, 4) is 0 Å². The predicted molar refractivity (Wildman–Crippen MR) is 47.5 cm³/mol. The highest BCUT2D eigenvalue weighted by atomic mass is 16.6. The summed E-state index contributed by atoms with van der Waals surface area (Å²) in [6.45, 7) is 7.59. The Morgan fingerprint density at radius 3 is 2.17 bits per heavy atom. The van der Waals surface area contributed by atoms with Crippen LogP contribution in [0.5, 0.6) is 0 Å². The van der Waals surface area contributed by atoms with Gasteiger partial charge >= 0.3 is 0 Å². The molecule has 0 spiro atoms. The summed E-state index contributed by atoms with van der Waals surface area (Å²) in [5, 5.41) is 0. The highest BCUT2D eigenvalue weighted by molar-refractivity contribution is 4.93. The highest BCUT2D eigenvalue weighted by Gasteiger charge is 2.44. The van der Waals surface area contributed by atoms with Gasteiger partial charge in [0.2, 0.25) is 0 Å². The van der Waals surface area contributed by atoms with Crippen molar-refractivity contribution in [1.82, 2.24) is 0 Å². The minimum absolute atomic E-state index is 0.0514. The van der Waals surface area contributed by atoms with E-state index in [0.29, 0.717) is 6.61 Å². The minimum atomic E-state index is -0.0514. The molecular weight excluding hydrogens is 154 g/mol. The van der Waals surface area contributed by atoms with E-state index in [9.17, 15) is 0 Å². The molecule has 0 saturated heterocycles. The second-order valence-electron chi connectivity index (χ2n) is 4.71. The number of hydrogen-bond acceptors (Lipinski definition) is 3. The Morgan fingerprint density at radius 2 is 1.83 bits per heavy atom. The standard InChI is InChI=1S/C9H19NO2/c1-8(2,3)11-6-9(4-5-9)7-12-10/h4-7,10H2,1-3H3. The third-order valence-corrected chi connectivity index (χ3v) is 2.16. The van der Waals surface area contributed by atoms with Crippen LogP contribution in [0.25, 0.3) is 0 Å². The quantitative estimate of drug-likeness (QED) is 0.655. The van der Waals surface area contributed by atoms with E-state index in [-0.39, 0.29) is 11.0 Å². The second kappa shape index (κ2) is 3.32. The molecule has 0 aromatic heterocycles. The molecule has 0 heterocycles. The van der Waals surface area contributed by atoms with Gasteiger partial charge in [-0.3, -0.25) is 0 Å². The molecule has 0 atom stereocenters. The Labute approximate surface area is 74.2 Å². The lowest BCUT2D eigenvalue weighted by Gasteiger charge is -2.23. The normalized spacial score (nSPS) is 21.0. The number of nitrogens with two attached hydrogens (primary N) is 1. The molecule has 0 amide bonds. The van der Waals surface area contributed by atoms with Gasteiger partial charge in [0, 0.05) is 5.41 Å². The fraction of sp³-hybridized carbons (Fsp3) is 1.00. The molecule has 3 heteroatoms. The van der Waals surface area contributed by atoms with Gasteiger partial charge in [0.25, 0.3) is 0 Å². The summed E-state index contributed by atoms with van der Waals surface area (Å²) in [5.74, 6) is 5.04. The van der Waals surface area contributed by atoms with Gasteiger partial charge < -0.3 is 9.57 Å². The van der Waals surface area contributed by atoms with Crippen LogP contribution in [0.3, 0.4) is 0 Å². The van der Waals surface area contributed by atoms with Crippen LogP contribution in [0.1, 0.15) is 33.6 Å². The van der Waals surface area contributed by atoms with Crippen molar-refractivity contribution in [2.45, 2.75) is 39.2 Å². The minimum Gasteiger partial charge on any atom is -0.375 e. The fourth-order valence-electron chi connectivity index (χ4n) is 1.05. The predicted octanol–water partition coefficient (Wildman–Crippen LogP) is 1.47. The van der Waals surface area contributed by atoms with Crippen LogP contribution in [0.2, 0.25) is 0 Å². The van der Waals surface area contributed by atoms with Gasteiger partial charge in [-0.25, -0.2) is 5.90 Å². The SMILES string of the molecule is CC(C)(C)OCC1(CON)CC1. The summed E-state index contributed by atoms with van der Waals surface area (Å²) < 4.78 is 5.67. The van der Waals surface area contributed by atoms with Crippen molar-refractivity contribution in [3.05, 3.63) is 0 Å². The van der Waals surface area contributed by atoms with Crippen molar-refractivity contribution in [1.29, 1.82) is 0 Å². The first kappa shape index (κ1) is 9.96. The molecule has 0 bridgehead atoms. The van der Waals surface area contributed by atoms with Crippen LogP contribution in [0, 0.1) is 5.41 Å². The van der Waals surface area contributed by atoms with E-state index in [1.807, 2.05) is 0 Å². The summed E-state index contributed by atoms with van der Waals surface area (Å²) in [7, 11) is 0. The molecule has 1 aliphatic rings. The molecular formula is C9H19NO2. The van der Waals surface area contributed by atoms with Crippen molar-refractivity contribution < 1.29 is 9.57 Å². The third kappa shape index (κ3) is 3.09. The maximum absolute atomic E-state index is 5.67. The molecule has 0 unspecified atom stereocenters. The lowest BCUT2D eigenvalue weighted by Crippen LogP contribution is -2.27. The van der Waals surface area contributed by atoms with E-state index in [1.54, 1.807) is 0 Å².